The zero-order chi connectivity index (χ0) is 12.8. The molecule has 0 aliphatic rings. The lowest BCUT2D eigenvalue weighted by Gasteiger charge is -2.07. The third kappa shape index (κ3) is 2.74. The molecule has 0 spiro atoms. The van der Waals surface area contributed by atoms with Crippen LogP contribution in [0.3, 0.4) is 0 Å². The molecule has 2 aromatic rings. The van der Waals surface area contributed by atoms with Gasteiger partial charge in [-0.3, -0.25) is 4.79 Å². The Bertz CT molecular complexity index is 582. The average Bonchev–Trinajstić information content (AvgIpc) is 2.46. The molecule has 0 aliphatic heterocycles. The van der Waals surface area contributed by atoms with E-state index < -0.39 is 0 Å². The van der Waals surface area contributed by atoms with E-state index in [1.54, 1.807) is 30.3 Å². The molecule has 0 amide bonds. The summed E-state index contributed by atoms with van der Waals surface area (Å²) in [5, 5.41) is 8.68. The van der Waals surface area contributed by atoms with Gasteiger partial charge in [-0.2, -0.15) is 5.26 Å². The van der Waals surface area contributed by atoms with E-state index in [1.165, 1.54) is 0 Å². The molecule has 0 atom stereocenters. The third-order valence-electron chi connectivity index (χ3n) is 2.56. The molecule has 0 radical (unpaired) electrons. The highest BCUT2D eigenvalue weighted by atomic mass is 16.5. The van der Waals surface area contributed by atoms with Crippen LogP contribution in [0.15, 0.2) is 48.5 Å². The van der Waals surface area contributed by atoms with Crippen LogP contribution in [0.25, 0.3) is 0 Å². The van der Waals surface area contributed by atoms with E-state index in [2.05, 4.69) is 0 Å². The van der Waals surface area contributed by atoms with Crippen LogP contribution < -0.4 is 4.74 Å². The quantitative estimate of drug-likeness (QED) is 0.768. The summed E-state index contributed by atoms with van der Waals surface area (Å²) in [4.78, 5) is 10.8. The number of nitriles is 1. The molecular formula is C15H11NO2. The molecule has 0 bridgehead atoms. The summed E-state index contributed by atoms with van der Waals surface area (Å²) in [5.41, 5.74) is 2.07. The molecule has 0 aliphatic carbocycles. The smallest absolute Gasteiger partial charge is 0.150 e. The number of ether oxygens (including phenoxy) is 1. The van der Waals surface area contributed by atoms with Crippen molar-refractivity contribution in [2.75, 3.05) is 0 Å². The first-order chi connectivity index (χ1) is 8.83. The molecule has 0 heterocycles. The fraction of sp³-hybridized carbons (Fsp3) is 0.0667. The number of hydrogen-bond acceptors (Lipinski definition) is 3. The maximum Gasteiger partial charge on any atom is 0.150 e. The normalized spacial score (nSPS) is 9.50. The Labute approximate surface area is 105 Å². The van der Waals surface area contributed by atoms with Gasteiger partial charge in [0.1, 0.15) is 18.6 Å². The number of carbonyl (C=O) groups is 1. The van der Waals surface area contributed by atoms with Crippen molar-refractivity contribution in [3.05, 3.63) is 65.2 Å². The molecular weight excluding hydrogens is 226 g/mol. The van der Waals surface area contributed by atoms with Crippen molar-refractivity contribution < 1.29 is 9.53 Å². The topological polar surface area (TPSA) is 50.1 Å². The van der Waals surface area contributed by atoms with Crippen molar-refractivity contribution >= 4 is 6.29 Å². The van der Waals surface area contributed by atoms with Crippen LogP contribution in [0, 0.1) is 11.3 Å². The van der Waals surface area contributed by atoms with E-state index in [4.69, 9.17) is 10.00 Å². The molecule has 0 unspecified atom stereocenters. The highest BCUT2D eigenvalue weighted by Gasteiger charge is 2.01. The van der Waals surface area contributed by atoms with Gasteiger partial charge < -0.3 is 4.74 Å². The SMILES string of the molecule is N#Cc1ccc(OCc2ccccc2C=O)cc1. The van der Waals surface area contributed by atoms with Crippen molar-refractivity contribution in [1.82, 2.24) is 0 Å². The maximum absolute atomic E-state index is 10.8. The zero-order valence-corrected chi connectivity index (χ0v) is 9.67. The molecule has 2 rings (SSSR count). The number of benzene rings is 2. The second kappa shape index (κ2) is 5.65. The number of aldehydes is 1. The molecule has 3 nitrogen and oxygen atoms in total. The lowest BCUT2D eigenvalue weighted by Crippen LogP contribution is -1.99. The Morgan fingerprint density at radius 1 is 1.11 bits per heavy atom. The van der Waals surface area contributed by atoms with Crippen molar-refractivity contribution in [2.45, 2.75) is 6.61 Å². The van der Waals surface area contributed by atoms with Crippen LogP contribution in [0.1, 0.15) is 21.5 Å². The molecule has 0 N–H and O–H groups in total. The first-order valence-electron chi connectivity index (χ1n) is 5.49. The predicted octanol–water partition coefficient (Wildman–Crippen LogP) is 2.95. The highest BCUT2D eigenvalue weighted by Crippen LogP contribution is 2.15. The van der Waals surface area contributed by atoms with E-state index in [0.717, 1.165) is 11.8 Å². The maximum atomic E-state index is 10.8. The van der Waals surface area contributed by atoms with Gasteiger partial charge in [-0.15, -0.1) is 0 Å². The van der Waals surface area contributed by atoms with Crippen LogP contribution in [0.4, 0.5) is 0 Å². The summed E-state index contributed by atoms with van der Waals surface area (Å²) in [7, 11) is 0. The highest BCUT2D eigenvalue weighted by molar-refractivity contribution is 5.77. The first kappa shape index (κ1) is 11.9. The van der Waals surface area contributed by atoms with Gasteiger partial charge in [0.25, 0.3) is 0 Å². The minimum absolute atomic E-state index is 0.334. The van der Waals surface area contributed by atoms with Gasteiger partial charge in [-0.1, -0.05) is 24.3 Å². The van der Waals surface area contributed by atoms with Crippen molar-refractivity contribution in [2.24, 2.45) is 0 Å². The summed E-state index contributed by atoms with van der Waals surface area (Å²) in [6.07, 6.45) is 0.817. The monoisotopic (exact) mass is 237 g/mol. The van der Waals surface area contributed by atoms with Gasteiger partial charge in [0.15, 0.2) is 0 Å². The van der Waals surface area contributed by atoms with E-state index in [1.807, 2.05) is 24.3 Å². The largest absolute Gasteiger partial charge is 0.489 e. The molecule has 18 heavy (non-hydrogen) atoms. The average molecular weight is 237 g/mol. The van der Waals surface area contributed by atoms with Crippen molar-refractivity contribution in [1.29, 1.82) is 5.26 Å². The van der Waals surface area contributed by atoms with Crippen LogP contribution in [0.2, 0.25) is 0 Å². The number of hydrogen-bond donors (Lipinski definition) is 0. The first-order valence-corrected chi connectivity index (χ1v) is 5.49. The Kier molecular flexibility index (Phi) is 3.72. The second-order valence-electron chi connectivity index (χ2n) is 3.74. The third-order valence-corrected chi connectivity index (χ3v) is 2.56. The van der Waals surface area contributed by atoms with E-state index in [9.17, 15) is 4.79 Å². The molecule has 88 valence electrons. The van der Waals surface area contributed by atoms with Gasteiger partial charge >= 0.3 is 0 Å². The molecule has 0 fully saturated rings. The summed E-state index contributed by atoms with van der Waals surface area (Å²) in [6, 6.07) is 16.2. The number of carbonyl (C=O) groups excluding carboxylic acids is 1. The summed E-state index contributed by atoms with van der Waals surface area (Å²) < 4.78 is 5.57. The number of rotatable bonds is 4. The van der Waals surface area contributed by atoms with E-state index in [0.29, 0.717) is 23.5 Å². The fourth-order valence-electron chi connectivity index (χ4n) is 1.57. The minimum atomic E-state index is 0.334. The second-order valence-corrected chi connectivity index (χ2v) is 3.74. The lowest BCUT2D eigenvalue weighted by atomic mass is 10.1. The summed E-state index contributed by atoms with van der Waals surface area (Å²) in [6.45, 7) is 0.334. The van der Waals surface area contributed by atoms with E-state index in [-0.39, 0.29) is 0 Å². The van der Waals surface area contributed by atoms with Crippen molar-refractivity contribution in [3.63, 3.8) is 0 Å². The molecule has 0 saturated carbocycles. The van der Waals surface area contributed by atoms with E-state index >= 15 is 0 Å². The Hall–Kier alpha value is -2.60. The lowest BCUT2D eigenvalue weighted by molar-refractivity contribution is 0.112. The summed E-state index contributed by atoms with van der Waals surface area (Å²) in [5.74, 6) is 0.676. The van der Waals surface area contributed by atoms with Crippen LogP contribution in [-0.2, 0) is 6.61 Å². The minimum Gasteiger partial charge on any atom is -0.489 e. The van der Waals surface area contributed by atoms with Gasteiger partial charge in [-0.05, 0) is 29.8 Å². The van der Waals surface area contributed by atoms with Gasteiger partial charge in [0.2, 0.25) is 0 Å². The standard InChI is InChI=1S/C15H11NO2/c16-9-12-5-7-15(8-6-12)18-11-14-4-2-1-3-13(14)10-17/h1-8,10H,11H2. The number of nitrogens with zero attached hydrogens (tertiary/aromatic N) is 1. The molecule has 0 aromatic heterocycles. The Morgan fingerprint density at radius 2 is 1.83 bits per heavy atom. The fourth-order valence-corrected chi connectivity index (χ4v) is 1.57. The summed E-state index contributed by atoms with van der Waals surface area (Å²) >= 11 is 0. The Morgan fingerprint density at radius 3 is 2.50 bits per heavy atom. The molecule has 3 heteroatoms. The zero-order valence-electron chi connectivity index (χ0n) is 9.67. The van der Waals surface area contributed by atoms with Crippen molar-refractivity contribution in [3.8, 4) is 11.8 Å². The predicted molar refractivity (Wildman–Crippen MR) is 67.3 cm³/mol. The molecule has 2 aromatic carbocycles. The Balaban J connectivity index is 2.07. The van der Waals surface area contributed by atoms with Gasteiger partial charge in [0, 0.05) is 5.56 Å². The van der Waals surface area contributed by atoms with Gasteiger partial charge in [-0.25, -0.2) is 0 Å². The van der Waals surface area contributed by atoms with Gasteiger partial charge in [0.05, 0.1) is 11.6 Å². The van der Waals surface area contributed by atoms with Crippen LogP contribution in [-0.4, -0.2) is 6.29 Å². The molecule has 0 saturated heterocycles. The van der Waals surface area contributed by atoms with Crippen LogP contribution >= 0.6 is 0 Å². The van der Waals surface area contributed by atoms with Crippen LogP contribution in [0.5, 0.6) is 5.75 Å².